The van der Waals surface area contributed by atoms with Gasteiger partial charge in [-0.2, -0.15) is 5.26 Å². The third-order valence-electron chi connectivity index (χ3n) is 2.79. The molecule has 0 bridgehead atoms. The number of pyridine rings is 1. The van der Waals surface area contributed by atoms with Crippen LogP contribution in [0.4, 0.5) is 11.5 Å². The molecule has 0 fully saturated rings. The molecule has 1 aromatic heterocycles. The van der Waals surface area contributed by atoms with E-state index in [1.54, 1.807) is 18.3 Å². The summed E-state index contributed by atoms with van der Waals surface area (Å²) in [5.41, 5.74) is 7.81. The summed E-state index contributed by atoms with van der Waals surface area (Å²) in [6.07, 6.45) is 1.68. The van der Waals surface area contributed by atoms with Crippen LogP contribution >= 0.6 is 0 Å². The van der Waals surface area contributed by atoms with Gasteiger partial charge in [0, 0.05) is 18.0 Å². The maximum absolute atomic E-state index is 9.09. The summed E-state index contributed by atoms with van der Waals surface area (Å²) < 4.78 is 5.56. The zero-order valence-corrected chi connectivity index (χ0v) is 11.3. The number of nitriles is 1. The van der Waals surface area contributed by atoms with Gasteiger partial charge in [-0.3, -0.25) is 0 Å². The number of rotatable bonds is 5. The summed E-state index contributed by atoms with van der Waals surface area (Å²) in [5.74, 6) is 1.31. The lowest BCUT2D eigenvalue weighted by atomic mass is 10.1. The average molecular weight is 268 g/mol. The van der Waals surface area contributed by atoms with Gasteiger partial charge in [0.1, 0.15) is 24.2 Å². The molecule has 0 aliphatic heterocycles. The lowest BCUT2D eigenvalue weighted by Gasteiger charge is -2.10. The zero-order valence-electron chi connectivity index (χ0n) is 11.3. The van der Waals surface area contributed by atoms with Crippen LogP contribution in [0.5, 0.6) is 5.75 Å². The molecule has 0 atom stereocenters. The van der Waals surface area contributed by atoms with Crippen molar-refractivity contribution in [3.05, 3.63) is 47.7 Å². The van der Waals surface area contributed by atoms with E-state index in [4.69, 9.17) is 15.7 Å². The zero-order chi connectivity index (χ0) is 14.4. The summed E-state index contributed by atoms with van der Waals surface area (Å²) in [6.45, 7) is 2.90. The fraction of sp³-hybridized carbons (Fsp3) is 0.200. The van der Waals surface area contributed by atoms with E-state index in [-0.39, 0.29) is 0 Å². The van der Waals surface area contributed by atoms with Crippen LogP contribution in [0.2, 0.25) is 0 Å². The number of nitrogens with one attached hydrogen (secondary N) is 1. The van der Waals surface area contributed by atoms with Crippen LogP contribution in [0.25, 0.3) is 0 Å². The van der Waals surface area contributed by atoms with Crippen LogP contribution < -0.4 is 15.8 Å². The van der Waals surface area contributed by atoms with E-state index >= 15 is 0 Å². The van der Waals surface area contributed by atoms with Gasteiger partial charge in [0.15, 0.2) is 0 Å². The molecule has 1 heterocycles. The number of benzene rings is 1. The highest BCUT2D eigenvalue weighted by Gasteiger charge is 2.05. The van der Waals surface area contributed by atoms with Gasteiger partial charge in [0.25, 0.3) is 0 Å². The predicted molar refractivity (Wildman–Crippen MR) is 78.5 cm³/mol. The standard InChI is InChI=1S/C15H16N4O/c1-11-5-6-18-15(14(11)10-16)19-7-8-20-13-4-2-3-12(17)9-13/h2-6,9H,7-8,17H2,1H3,(H,18,19). The van der Waals surface area contributed by atoms with Crippen LogP contribution in [-0.4, -0.2) is 18.1 Å². The highest BCUT2D eigenvalue weighted by molar-refractivity contribution is 5.55. The lowest BCUT2D eigenvalue weighted by molar-refractivity contribution is 0.333. The van der Waals surface area contributed by atoms with Crippen molar-refractivity contribution in [2.45, 2.75) is 6.92 Å². The monoisotopic (exact) mass is 268 g/mol. The summed E-state index contributed by atoms with van der Waals surface area (Å²) in [4.78, 5) is 4.16. The van der Waals surface area contributed by atoms with Crippen molar-refractivity contribution in [3.63, 3.8) is 0 Å². The van der Waals surface area contributed by atoms with Gasteiger partial charge in [-0.25, -0.2) is 4.98 Å². The highest BCUT2D eigenvalue weighted by Crippen LogP contribution is 2.16. The third kappa shape index (κ3) is 3.39. The van der Waals surface area contributed by atoms with Gasteiger partial charge < -0.3 is 15.8 Å². The molecule has 2 aromatic rings. The number of ether oxygens (including phenoxy) is 1. The number of nitrogen functional groups attached to an aromatic ring is 1. The van der Waals surface area contributed by atoms with Crippen molar-refractivity contribution >= 4 is 11.5 Å². The molecule has 0 saturated heterocycles. The molecule has 0 amide bonds. The molecule has 2 rings (SSSR count). The minimum Gasteiger partial charge on any atom is -0.492 e. The molecular weight excluding hydrogens is 252 g/mol. The van der Waals surface area contributed by atoms with Gasteiger partial charge in [-0.15, -0.1) is 0 Å². The summed E-state index contributed by atoms with van der Waals surface area (Å²) >= 11 is 0. The number of hydrogen-bond acceptors (Lipinski definition) is 5. The number of nitrogens with two attached hydrogens (primary N) is 1. The van der Waals surface area contributed by atoms with E-state index in [0.29, 0.717) is 30.2 Å². The first-order valence-corrected chi connectivity index (χ1v) is 6.28. The molecular formula is C15H16N4O. The Balaban J connectivity index is 1.88. The predicted octanol–water partition coefficient (Wildman–Crippen LogP) is 2.33. The molecule has 0 aliphatic carbocycles. The maximum Gasteiger partial charge on any atom is 0.144 e. The first-order chi connectivity index (χ1) is 9.70. The molecule has 5 heteroatoms. The Labute approximate surface area is 118 Å². The number of aryl methyl sites for hydroxylation is 1. The van der Waals surface area contributed by atoms with Crippen molar-refractivity contribution in [1.29, 1.82) is 5.26 Å². The molecule has 102 valence electrons. The molecule has 0 radical (unpaired) electrons. The number of nitrogens with zero attached hydrogens (tertiary/aromatic N) is 2. The van der Waals surface area contributed by atoms with Gasteiger partial charge >= 0.3 is 0 Å². The number of aromatic nitrogens is 1. The smallest absolute Gasteiger partial charge is 0.144 e. The summed E-state index contributed by atoms with van der Waals surface area (Å²) in [5, 5.41) is 12.2. The second-order valence-electron chi connectivity index (χ2n) is 4.31. The Morgan fingerprint density at radius 1 is 1.40 bits per heavy atom. The second-order valence-corrected chi connectivity index (χ2v) is 4.31. The molecule has 0 unspecified atom stereocenters. The molecule has 5 nitrogen and oxygen atoms in total. The van der Waals surface area contributed by atoms with E-state index in [2.05, 4.69) is 16.4 Å². The third-order valence-corrected chi connectivity index (χ3v) is 2.79. The SMILES string of the molecule is Cc1ccnc(NCCOc2cccc(N)c2)c1C#N. The minimum absolute atomic E-state index is 0.462. The molecule has 3 N–H and O–H groups in total. The van der Waals surface area contributed by atoms with Gasteiger partial charge in [0.2, 0.25) is 0 Å². The Morgan fingerprint density at radius 3 is 3.00 bits per heavy atom. The highest BCUT2D eigenvalue weighted by atomic mass is 16.5. The van der Waals surface area contributed by atoms with Crippen LogP contribution in [0, 0.1) is 18.3 Å². The van der Waals surface area contributed by atoms with E-state index in [1.165, 1.54) is 0 Å². The number of hydrogen-bond donors (Lipinski definition) is 2. The molecule has 0 aliphatic rings. The Morgan fingerprint density at radius 2 is 2.25 bits per heavy atom. The fourth-order valence-corrected chi connectivity index (χ4v) is 1.78. The van der Waals surface area contributed by atoms with Crippen molar-refractivity contribution in [1.82, 2.24) is 4.98 Å². The molecule has 0 saturated carbocycles. The van der Waals surface area contributed by atoms with Crippen LogP contribution in [0.3, 0.4) is 0 Å². The van der Waals surface area contributed by atoms with Crippen LogP contribution in [-0.2, 0) is 0 Å². The number of anilines is 2. The van der Waals surface area contributed by atoms with E-state index in [1.807, 2.05) is 25.1 Å². The van der Waals surface area contributed by atoms with Crippen LogP contribution in [0.15, 0.2) is 36.5 Å². The quantitative estimate of drug-likeness (QED) is 0.642. The van der Waals surface area contributed by atoms with Crippen molar-refractivity contribution in [2.24, 2.45) is 0 Å². The van der Waals surface area contributed by atoms with Crippen molar-refractivity contribution in [3.8, 4) is 11.8 Å². The molecule has 20 heavy (non-hydrogen) atoms. The van der Waals surface area contributed by atoms with Gasteiger partial charge in [-0.05, 0) is 30.7 Å². The largest absolute Gasteiger partial charge is 0.492 e. The average Bonchev–Trinajstić information content (AvgIpc) is 2.44. The Hall–Kier alpha value is -2.74. The maximum atomic E-state index is 9.09. The minimum atomic E-state index is 0.462. The second kappa shape index (κ2) is 6.43. The Kier molecular flexibility index (Phi) is 4.40. The van der Waals surface area contributed by atoms with Gasteiger partial charge in [0.05, 0.1) is 12.1 Å². The molecule has 0 spiro atoms. The topological polar surface area (TPSA) is 84.0 Å². The fourth-order valence-electron chi connectivity index (χ4n) is 1.78. The van der Waals surface area contributed by atoms with Crippen molar-refractivity contribution in [2.75, 3.05) is 24.2 Å². The lowest BCUT2D eigenvalue weighted by Crippen LogP contribution is -2.13. The van der Waals surface area contributed by atoms with Crippen molar-refractivity contribution < 1.29 is 4.74 Å². The normalized spacial score (nSPS) is 9.80. The first-order valence-electron chi connectivity index (χ1n) is 6.28. The molecule has 1 aromatic carbocycles. The summed E-state index contributed by atoms with van der Waals surface area (Å²) in [7, 11) is 0. The van der Waals surface area contributed by atoms with E-state index in [0.717, 1.165) is 11.3 Å². The van der Waals surface area contributed by atoms with Crippen LogP contribution in [0.1, 0.15) is 11.1 Å². The first kappa shape index (κ1) is 13.7. The summed E-state index contributed by atoms with van der Waals surface area (Å²) in [6, 6.07) is 11.2. The van der Waals surface area contributed by atoms with E-state index in [9.17, 15) is 0 Å². The Bertz CT molecular complexity index is 634. The van der Waals surface area contributed by atoms with E-state index < -0.39 is 0 Å². The van der Waals surface area contributed by atoms with Gasteiger partial charge in [-0.1, -0.05) is 6.07 Å².